The van der Waals surface area contributed by atoms with Crippen LogP contribution in [0.3, 0.4) is 0 Å². The first-order chi connectivity index (χ1) is 7.34. The van der Waals surface area contributed by atoms with Crippen LogP contribution >= 0.6 is 0 Å². The number of hydrogen-bond acceptors (Lipinski definition) is 8. The number of aliphatic hydroxyl groups is 1. The van der Waals surface area contributed by atoms with Gasteiger partial charge < -0.3 is 19.3 Å². The van der Waals surface area contributed by atoms with Gasteiger partial charge in [0.1, 0.15) is 6.10 Å². The predicted molar refractivity (Wildman–Crippen MR) is 48.7 cm³/mol. The van der Waals surface area contributed by atoms with E-state index < -0.39 is 49.9 Å². The lowest BCUT2D eigenvalue weighted by Crippen LogP contribution is -2.09. The molecule has 0 fully saturated rings. The molecule has 1 rings (SSSR count). The predicted octanol–water partition coefficient (Wildman–Crippen LogP) is -1.29. The number of nitrogens with zero attached hydrogens (tertiary/aromatic N) is 2. The van der Waals surface area contributed by atoms with Crippen LogP contribution in [0.1, 0.15) is 18.9 Å². The summed E-state index contributed by atoms with van der Waals surface area (Å²) in [5.74, 6) is -1.47. The Morgan fingerprint density at radius 2 is 1.56 bits per heavy atom. The summed E-state index contributed by atoms with van der Waals surface area (Å²) in [4.78, 5) is 6.63. The zero-order chi connectivity index (χ0) is 12.5. The van der Waals surface area contributed by atoms with E-state index in [0.717, 1.165) is 0 Å². The Balaban J connectivity index is 3.51. The molecule has 90 valence electrons. The van der Waals surface area contributed by atoms with E-state index in [4.69, 9.17) is 5.11 Å². The summed E-state index contributed by atoms with van der Waals surface area (Å²) in [6.45, 7) is 1.22. The second-order valence-electron chi connectivity index (χ2n) is 2.69. The maximum Gasteiger partial charge on any atom is 0.183 e. The second-order valence-corrected chi connectivity index (χ2v) is 4.40. The molecule has 0 amide bonds. The van der Waals surface area contributed by atoms with Gasteiger partial charge in [0.2, 0.25) is 0 Å². The molecule has 16 heavy (non-hydrogen) atoms. The van der Waals surface area contributed by atoms with Crippen molar-refractivity contribution in [3.05, 3.63) is 5.82 Å². The molecule has 3 unspecified atom stereocenters. The number of aromatic nitrogens is 2. The molecule has 0 radical (unpaired) electrons. The summed E-state index contributed by atoms with van der Waals surface area (Å²) in [7, 11) is 0. The fourth-order valence-electron chi connectivity index (χ4n) is 0.850. The Bertz CT molecular complexity index is 427. The Morgan fingerprint density at radius 3 is 1.81 bits per heavy atom. The smallest absolute Gasteiger partial charge is 0.183 e. The van der Waals surface area contributed by atoms with Gasteiger partial charge in [-0.05, 0) is 6.92 Å². The maximum atomic E-state index is 10.6. The zero-order valence-electron chi connectivity index (χ0n) is 7.82. The van der Waals surface area contributed by atoms with Gasteiger partial charge in [-0.2, -0.15) is 0 Å². The third-order valence-electron chi connectivity index (χ3n) is 1.53. The first-order valence-electron chi connectivity index (χ1n) is 3.82. The van der Waals surface area contributed by atoms with Crippen LogP contribution in [0.15, 0.2) is 10.1 Å². The SMILES string of the molecule is CC(O)c1nc(S(=O)[O-])c(O)c(S(=O)[O-])n1. The van der Waals surface area contributed by atoms with Crippen molar-refractivity contribution >= 4 is 22.2 Å². The van der Waals surface area contributed by atoms with E-state index in [1.807, 2.05) is 0 Å². The largest absolute Gasteiger partial charge is 0.767 e. The highest BCUT2D eigenvalue weighted by atomic mass is 32.2. The molecule has 0 aliphatic heterocycles. The minimum absolute atomic E-state index is 0.406. The highest BCUT2D eigenvalue weighted by molar-refractivity contribution is 7.80. The lowest BCUT2D eigenvalue weighted by molar-refractivity contribution is 0.186. The van der Waals surface area contributed by atoms with Crippen LogP contribution in [0.25, 0.3) is 0 Å². The van der Waals surface area contributed by atoms with Gasteiger partial charge in [-0.1, -0.05) is 0 Å². The summed E-state index contributed by atoms with van der Waals surface area (Å²) in [5.41, 5.74) is 0. The van der Waals surface area contributed by atoms with Crippen molar-refractivity contribution in [2.75, 3.05) is 0 Å². The van der Waals surface area contributed by atoms with E-state index >= 15 is 0 Å². The van der Waals surface area contributed by atoms with Crippen molar-refractivity contribution in [1.82, 2.24) is 9.97 Å². The molecule has 0 saturated heterocycles. The number of aromatic hydroxyl groups is 1. The first kappa shape index (κ1) is 13.1. The Kier molecular flexibility index (Phi) is 4.04. The third-order valence-corrected chi connectivity index (χ3v) is 2.73. The summed E-state index contributed by atoms with van der Waals surface area (Å²) in [5, 5.41) is 16.6. The van der Waals surface area contributed by atoms with Gasteiger partial charge in [0.15, 0.2) is 21.6 Å². The summed E-state index contributed by atoms with van der Waals surface area (Å²) < 4.78 is 42.6. The second kappa shape index (κ2) is 4.93. The minimum Gasteiger partial charge on any atom is -0.767 e. The van der Waals surface area contributed by atoms with Crippen molar-refractivity contribution < 1.29 is 27.7 Å². The Labute approximate surface area is 94.9 Å². The molecule has 0 saturated carbocycles. The van der Waals surface area contributed by atoms with Crippen LogP contribution in [-0.2, 0) is 22.2 Å². The third kappa shape index (κ3) is 2.59. The van der Waals surface area contributed by atoms with E-state index in [1.54, 1.807) is 0 Å². The van der Waals surface area contributed by atoms with E-state index in [0.29, 0.717) is 0 Å². The highest BCUT2D eigenvalue weighted by Gasteiger charge is 2.17. The van der Waals surface area contributed by atoms with Crippen molar-refractivity contribution in [2.24, 2.45) is 0 Å². The van der Waals surface area contributed by atoms with Gasteiger partial charge in [-0.25, -0.2) is 9.97 Å². The fraction of sp³-hybridized carbons (Fsp3) is 0.333. The summed E-state index contributed by atoms with van der Waals surface area (Å²) >= 11 is -5.86. The van der Waals surface area contributed by atoms with Gasteiger partial charge in [0.05, 0.1) is 0 Å². The molecule has 1 aromatic heterocycles. The molecule has 0 aliphatic rings. The molecule has 0 aromatic carbocycles. The normalized spacial score (nSPS) is 16.8. The lowest BCUT2D eigenvalue weighted by atomic mass is 10.4. The standard InChI is InChI=1S/C6H8N2O6S2/c1-2(9)4-7-5(15(11)12)3(10)6(8-4)16(13)14/h2,9-10H,1H3,(H,11,12)(H,13,14)/p-2. The monoisotopic (exact) mass is 266 g/mol. The number of rotatable bonds is 3. The molecule has 10 heteroatoms. The Morgan fingerprint density at radius 1 is 1.19 bits per heavy atom. The molecule has 0 bridgehead atoms. The molecule has 0 aliphatic carbocycles. The molecule has 8 nitrogen and oxygen atoms in total. The molecular weight excluding hydrogens is 260 g/mol. The van der Waals surface area contributed by atoms with E-state index in [-0.39, 0.29) is 0 Å². The van der Waals surface area contributed by atoms with Gasteiger partial charge in [-0.3, -0.25) is 8.42 Å². The van der Waals surface area contributed by atoms with Crippen molar-refractivity contribution in [1.29, 1.82) is 0 Å². The van der Waals surface area contributed by atoms with Crippen LogP contribution in [0.4, 0.5) is 0 Å². The van der Waals surface area contributed by atoms with E-state index in [1.165, 1.54) is 6.92 Å². The van der Waals surface area contributed by atoms with Gasteiger partial charge in [0.25, 0.3) is 0 Å². The summed E-state index contributed by atoms with van der Waals surface area (Å²) in [6, 6.07) is 0. The quantitative estimate of drug-likeness (QED) is 0.507. The molecule has 1 aromatic rings. The first-order valence-corrected chi connectivity index (χ1v) is 5.97. The minimum atomic E-state index is -2.93. The number of aliphatic hydroxyl groups excluding tert-OH is 1. The number of hydrogen-bond donors (Lipinski definition) is 2. The molecular formula is C6H6N2O6S2-2. The zero-order valence-corrected chi connectivity index (χ0v) is 9.45. The van der Waals surface area contributed by atoms with Crippen LogP contribution < -0.4 is 0 Å². The van der Waals surface area contributed by atoms with E-state index in [2.05, 4.69) is 9.97 Å². The van der Waals surface area contributed by atoms with Crippen LogP contribution in [0, 0.1) is 0 Å². The summed E-state index contributed by atoms with van der Waals surface area (Å²) in [6.07, 6.45) is -1.26. The van der Waals surface area contributed by atoms with Crippen LogP contribution in [0.2, 0.25) is 0 Å². The van der Waals surface area contributed by atoms with Crippen LogP contribution in [0.5, 0.6) is 5.75 Å². The van der Waals surface area contributed by atoms with Crippen molar-refractivity contribution in [2.45, 2.75) is 23.1 Å². The van der Waals surface area contributed by atoms with Gasteiger partial charge in [-0.15, -0.1) is 0 Å². The van der Waals surface area contributed by atoms with Gasteiger partial charge >= 0.3 is 0 Å². The topological polar surface area (TPSA) is 146 Å². The Hall–Kier alpha value is -0.940. The average molecular weight is 266 g/mol. The van der Waals surface area contributed by atoms with Crippen molar-refractivity contribution in [3.8, 4) is 5.75 Å². The molecule has 3 atom stereocenters. The van der Waals surface area contributed by atoms with Gasteiger partial charge in [0, 0.05) is 22.2 Å². The van der Waals surface area contributed by atoms with E-state index in [9.17, 15) is 22.6 Å². The molecule has 0 spiro atoms. The molecule has 1 heterocycles. The molecule has 2 N–H and O–H groups in total. The fourth-order valence-corrected chi connectivity index (χ4v) is 1.76. The van der Waals surface area contributed by atoms with Crippen molar-refractivity contribution in [3.63, 3.8) is 0 Å². The highest BCUT2D eigenvalue weighted by Crippen LogP contribution is 2.25. The maximum absolute atomic E-state index is 10.6. The average Bonchev–Trinajstić information content (AvgIpc) is 2.16. The lowest BCUT2D eigenvalue weighted by Gasteiger charge is -2.14. The van der Waals surface area contributed by atoms with Crippen LogP contribution in [-0.4, -0.2) is 37.7 Å².